The smallest absolute Gasteiger partial charge is 0.292 e. The molecular weight excluding hydrogens is 445 g/mol. The summed E-state index contributed by atoms with van der Waals surface area (Å²) in [4.78, 5) is 15.1. The summed E-state index contributed by atoms with van der Waals surface area (Å²) in [6.07, 6.45) is 0. The van der Waals surface area contributed by atoms with Gasteiger partial charge in [0.1, 0.15) is 5.69 Å². The minimum Gasteiger partial charge on any atom is -0.378 e. The van der Waals surface area contributed by atoms with Crippen molar-refractivity contribution in [3.05, 3.63) is 70.3 Å². The molecule has 0 aromatic heterocycles. The van der Waals surface area contributed by atoms with Gasteiger partial charge < -0.3 is 16.0 Å². The van der Waals surface area contributed by atoms with Crippen LogP contribution in [0.25, 0.3) is 0 Å². The van der Waals surface area contributed by atoms with Crippen molar-refractivity contribution in [2.24, 2.45) is 4.99 Å². The molecule has 3 N–H and O–H groups in total. The predicted molar refractivity (Wildman–Crippen MR) is 116 cm³/mol. The van der Waals surface area contributed by atoms with Crippen molar-refractivity contribution in [1.82, 2.24) is 10.6 Å². The fourth-order valence-electron chi connectivity index (χ4n) is 2.26. The Labute approximate surface area is 170 Å². The van der Waals surface area contributed by atoms with Crippen molar-refractivity contribution >= 4 is 41.3 Å². The standard InChI is InChI=1S/C18H23N5O2.HI/c1-2-19-18(22-14-15-8-4-3-5-9-15)21-13-12-20-16-10-6-7-11-17(16)23(24)25;/h3-11,20H,2,12-14H2,1H3,(H2,19,21,22);1H. The largest absolute Gasteiger partial charge is 0.378 e. The highest BCUT2D eigenvalue weighted by Gasteiger charge is 2.11. The Morgan fingerprint density at radius 2 is 1.73 bits per heavy atom. The Morgan fingerprint density at radius 1 is 1.04 bits per heavy atom. The summed E-state index contributed by atoms with van der Waals surface area (Å²) in [6.45, 7) is 4.49. The van der Waals surface area contributed by atoms with Gasteiger partial charge in [0.2, 0.25) is 0 Å². The van der Waals surface area contributed by atoms with Crippen LogP contribution in [0, 0.1) is 10.1 Å². The molecule has 140 valence electrons. The van der Waals surface area contributed by atoms with Gasteiger partial charge >= 0.3 is 0 Å². The number of benzene rings is 2. The first-order valence-corrected chi connectivity index (χ1v) is 8.24. The van der Waals surface area contributed by atoms with Gasteiger partial charge in [-0.2, -0.15) is 0 Å². The van der Waals surface area contributed by atoms with Crippen LogP contribution in [0.3, 0.4) is 0 Å². The average molecular weight is 469 g/mol. The molecule has 8 heteroatoms. The molecule has 2 rings (SSSR count). The molecule has 0 unspecified atom stereocenters. The Balaban J connectivity index is 0.00000338. The van der Waals surface area contributed by atoms with E-state index >= 15 is 0 Å². The van der Waals surface area contributed by atoms with Gasteiger partial charge in [-0.1, -0.05) is 42.5 Å². The van der Waals surface area contributed by atoms with Gasteiger partial charge in [0.15, 0.2) is 5.96 Å². The fraction of sp³-hybridized carbons (Fsp3) is 0.278. The highest BCUT2D eigenvalue weighted by molar-refractivity contribution is 14.0. The van der Waals surface area contributed by atoms with Crippen LogP contribution < -0.4 is 16.0 Å². The van der Waals surface area contributed by atoms with E-state index < -0.39 is 0 Å². The molecule has 0 spiro atoms. The van der Waals surface area contributed by atoms with Crippen molar-refractivity contribution in [2.75, 3.05) is 25.0 Å². The molecule has 0 bridgehead atoms. The lowest BCUT2D eigenvalue weighted by Gasteiger charge is -2.12. The second-order valence-corrected chi connectivity index (χ2v) is 5.31. The predicted octanol–water partition coefficient (Wildman–Crippen LogP) is 3.38. The number of aliphatic imine (C=N–C) groups is 1. The van der Waals surface area contributed by atoms with Gasteiger partial charge in [-0.15, -0.1) is 24.0 Å². The fourth-order valence-corrected chi connectivity index (χ4v) is 2.26. The summed E-state index contributed by atoms with van der Waals surface area (Å²) < 4.78 is 0. The second kappa shape index (κ2) is 12.1. The zero-order chi connectivity index (χ0) is 17.9. The van der Waals surface area contributed by atoms with Gasteiger partial charge in [-0.05, 0) is 18.6 Å². The quantitative estimate of drug-likeness (QED) is 0.138. The van der Waals surface area contributed by atoms with Crippen molar-refractivity contribution in [3.8, 4) is 0 Å². The molecule has 0 saturated carbocycles. The molecule has 0 aliphatic heterocycles. The van der Waals surface area contributed by atoms with E-state index in [0.29, 0.717) is 25.3 Å². The zero-order valence-corrected chi connectivity index (χ0v) is 17.0. The number of anilines is 1. The van der Waals surface area contributed by atoms with E-state index in [-0.39, 0.29) is 34.6 Å². The first-order valence-electron chi connectivity index (χ1n) is 8.24. The number of halogens is 1. The molecule has 7 nitrogen and oxygen atoms in total. The number of nitro groups is 1. The van der Waals surface area contributed by atoms with Gasteiger partial charge in [-0.25, -0.2) is 4.99 Å². The Hall–Kier alpha value is -2.36. The molecule has 0 aliphatic rings. The van der Waals surface area contributed by atoms with Crippen LogP contribution >= 0.6 is 24.0 Å². The van der Waals surface area contributed by atoms with E-state index in [2.05, 4.69) is 20.9 Å². The van der Waals surface area contributed by atoms with Crippen LogP contribution in [0.5, 0.6) is 0 Å². The van der Waals surface area contributed by atoms with Gasteiger partial charge in [0.25, 0.3) is 5.69 Å². The molecular formula is C18H24IN5O2. The van der Waals surface area contributed by atoms with Gasteiger partial charge in [0, 0.05) is 25.7 Å². The molecule has 2 aromatic carbocycles. The number of guanidine groups is 1. The van der Waals surface area contributed by atoms with Gasteiger partial charge in [-0.3, -0.25) is 10.1 Å². The first kappa shape index (κ1) is 21.7. The average Bonchev–Trinajstić information content (AvgIpc) is 2.64. The number of nitrogens with zero attached hydrogens (tertiary/aromatic N) is 2. The summed E-state index contributed by atoms with van der Waals surface area (Å²) in [5, 5.41) is 20.5. The van der Waals surface area contributed by atoms with Gasteiger partial charge in [0.05, 0.1) is 11.5 Å². The van der Waals surface area contributed by atoms with E-state index in [1.807, 2.05) is 37.3 Å². The molecule has 0 saturated heterocycles. The van der Waals surface area contributed by atoms with Crippen LogP contribution in [0.1, 0.15) is 12.5 Å². The maximum absolute atomic E-state index is 11.0. The minimum absolute atomic E-state index is 0. The summed E-state index contributed by atoms with van der Waals surface area (Å²) in [5.74, 6) is 0.718. The van der Waals surface area contributed by atoms with E-state index in [1.54, 1.807) is 18.2 Å². The third-order valence-electron chi connectivity index (χ3n) is 3.44. The molecule has 0 heterocycles. The number of hydrogen-bond donors (Lipinski definition) is 3. The third-order valence-corrected chi connectivity index (χ3v) is 3.44. The van der Waals surface area contributed by atoms with Crippen LogP contribution in [0.2, 0.25) is 0 Å². The highest BCUT2D eigenvalue weighted by atomic mass is 127. The maximum atomic E-state index is 11.0. The number of nitrogens with one attached hydrogen (secondary N) is 3. The topological polar surface area (TPSA) is 91.6 Å². The number of nitro benzene ring substituents is 1. The number of rotatable bonds is 8. The van der Waals surface area contributed by atoms with Crippen LogP contribution in [0.15, 0.2) is 59.6 Å². The van der Waals surface area contributed by atoms with E-state index in [4.69, 9.17) is 0 Å². The normalized spacial score (nSPS) is 10.6. The monoisotopic (exact) mass is 469 g/mol. The SMILES string of the molecule is CCNC(=NCc1ccccc1)NCCNc1ccccc1[N+](=O)[O-].I. The molecule has 0 radical (unpaired) electrons. The zero-order valence-electron chi connectivity index (χ0n) is 14.6. The van der Waals surface area contributed by atoms with E-state index in [9.17, 15) is 10.1 Å². The minimum atomic E-state index is -0.388. The Bertz CT molecular complexity index is 710. The lowest BCUT2D eigenvalue weighted by atomic mass is 10.2. The van der Waals surface area contributed by atoms with Crippen molar-refractivity contribution in [1.29, 1.82) is 0 Å². The maximum Gasteiger partial charge on any atom is 0.292 e. The lowest BCUT2D eigenvalue weighted by Crippen LogP contribution is -2.39. The van der Waals surface area contributed by atoms with Crippen LogP contribution in [-0.2, 0) is 6.54 Å². The Kier molecular flexibility index (Phi) is 10.1. The number of para-hydroxylation sites is 2. The molecule has 0 aliphatic carbocycles. The number of hydrogen-bond acceptors (Lipinski definition) is 4. The molecule has 0 fully saturated rings. The lowest BCUT2D eigenvalue weighted by molar-refractivity contribution is -0.384. The summed E-state index contributed by atoms with van der Waals surface area (Å²) in [5.41, 5.74) is 1.73. The first-order chi connectivity index (χ1) is 12.2. The van der Waals surface area contributed by atoms with E-state index in [0.717, 1.165) is 18.1 Å². The summed E-state index contributed by atoms with van der Waals surface area (Å²) in [7, 11) is 0. The second-order valence-electron chi connectivity index (χ2n) is 5.31. The van der Waals surface area contributed by atoms with Crippen molar-refractivity contribution < 1.29 is 4.92 Å². The van der Waals surface area contributed by atoms with Crippen LogP contribution in [0.4, 0.5) is 11.4 Å². The molecule has 2 aromatic rings. The summed E-state index contributed by atoms with van der Waals surface area (Å²) >= 11 is 0. The third kappa shape index (κ3) is 7.26. The van der Waals surface area contributed by atoms with E-state index in [1.165, 1.54) is 6.07 Å². The van der Waals surface area contributed by atoms with Crippen molar-refractivity contribution in [2.45, 2.75) is 13.5 Å². The Morgan fingerprint density at radius 3 is 2.42 bits per heavy atom. The summed E-state index contributed by atoms with van der Waals surface area (Å²) in [6, 6.07) is 16.6. The van der Waals surface area contributed by atoms with Crippen molar-refractivity contribution in [3.63, 3.8) is 0 Å². The molecule has 0 atom stereocenters. The molecule has 26 heavy (non-hydrogen) atoms. The van der Waals surface area contributed by atoms with Crippen LogP contribution in [-0.4, -0.2) is 30.5 Å². The highest BCUT2D eigenvalue weighted by Crippen LogP contribution is 2.22. The molecule has 0 amide bonds.